The molecule has 0 unspecified atom stereocenters. The number of anilines is 1. The van der Waals surface area contributed by atoms with Gasteiger partial charge in [-0.15, -0.1) is 0 Å². The smallest absolute Gasteiger partial charge is 0.419 e. The van der Waals surface area contributed by atoms with Crippen molar-refractivity contribution in [3.63, 3.8) is 0 Å². The van der Waals surface area contributed by atoms with Crippen LogP contribution in [0.25, 0.3) is 10.9 Å². The second kappa shape index (κ2) is 14.0. The fourth-order valence-electron chi connectivity index (χ4n) is 4.96. The molecule has 1 saturated heterocycles. The summed E-state index contributed by atoms with van der Waals surface area (Å²) < 4.78 is 85.5. The van der Waals surface area contributed by atoms with Crippen molar-refractivity contribution in [2.45, 2.75) is 25.6 Å². The number of nitrogens with one attached hydrogen (secondary N) is 3. The van der Waals surface area contributed by atoms with Gasteiger partial charge in [0.15, 0.2) is 23.1 Å². The minimum absolute atomic E-state index is 0.105. The molecule has 3 N–H and O–H groups in total. The molecule has 0 bridgehead atoms. The van der Waals surface area contributed by atoms with E-state index in [9.17, 15) is 27.2 Å². The number of alkyl halides is 3. The van der Waals surface area contributed by atoms with Crippen LogP contribution in [-0.4, -0.2) is 43.6 Å². The van der Waals surface area contributed by atoms with Gasteiger partial charge in [0.2, 0.25) is 0 Å². The molecule has 0 spiro atoms. The van der Waals surface area contributed by atoms with E-state index in [1.807, 2.05) is 5.32 Å². The molecule has 2 heterocycles. The number of carbonyl (C=O) groups is 2. The number of pyridine rings is 1. The molecule has 1 fully saturated rings. The SMILES string of the molecule is COc1c(OCC2CCNCC2)ccc2c(Oc3ccc(NC(=O)C(=O)NCc4cccc(C(F)(F)F)c4F)cc3F)ccnc12. The highest BCUT2D eigenvalue weighted by Crippen LogP contribution is 2.40. The van der Waals surface area contributed by atoms with Crippen molar-refractivity contribution in [3.05, 3.63) is 83.6 Å². The predicted molar refractivity (Wildman–Crippen MR) is 158 cm³/mol. The van der Waals surface area contributed by atoms with E-state index < -0.39 is 47.3 Å². The highest BCUT2D eigenvalue weighted by Gasteiger charge is 2.34. The quantitative estimate of drug-likeness (QED) is 0.152. The highest BCUT2D eigenvalue weighted by molar-refractivity contribution is 6.39. The molecular formula is C32H29F5N4O5. The largest absolute Gasteiger partial charge is 0.491 e. The van der Waals surface area contributed by atoms with Gasteiger partial charge in [0.1, 0.15) is 17.1 Å². The molecule has 4 aromatic rings. The van der Waals surface area contributed by atoms with Crippen molar-refractivity contribution in [1.82, 2.24) is 15.6 Å². The lowest BCUT2D eigenvalue weighted by Gasteiger charge is -2.23. The van der Waals surface area contributed by atoms with Gasteiger partial charge in [-0.2, -0.15) is 13.2 Å². The maximum absolute atomic E-state index is 15.0. The summed E-state index contributed by atoms with van der Waals surface area (Å²) in [5.74, 6) is -3.52. The van der Waals surface area contributed by atoms with Crippen molar-refractivity contribution < 1.29 is 45.8 Å². The van der Waals surface area contributed by atoms with Crippen LogP contribution in [0.2, 0.25) is 0 Å². The van der Waals surface area contributed by atoms with Crippen molar-refractivity contribution >= 4 is 28.4 Å². The molecule has 0 atom stereocenters. The highest BCUT2D eigenvalue weighted by atomic mass is 19.4. The number of carbonyl (C=O) groups excluding carboxylic acids is 2. The Kier molecular flexibility index (Phi) is 9.85. The lowest BCUT2D eigenvalue weighted by molar-refractivity contribution is -0.140. The number of hydrogen-bond acceptors (Lipinski definition) is 7. The van der Waals surface area contributed by atoms with E-state index in [2.05, 4.69) is 15.6 Å². The van der Waals surface area contributed by atoms with Crippen LogP contribution >= 0.6 is 0 Å². The number of aromatic nitrogens is 1. The lowest BCUT2D eigenvalue weighted by Crippen LogP contribution is -2.35. The monoisotopic (exact) mass is 644 g/mol. The number of halogens is 5. The summed E-state index contributed by atoms with van der Waals surface area (Å²) in [6, 6.07) is 11.0. The Morgan fingerprint density at radius 2 is 1.74 bits per heavy atom. The second-order valence-electron chi connectivity index (χ2n) is 10.5. The molecule has 0 aliphatic carbocycles. The number of nitrogens with zero attached hydrogens (tertiary/aromatic N) is 1. The Balaban J connectivity index is 1.23. The molecule has 0 radical (unpaired) electrons. The number of hydrogen-bond donors (Lipinski definition) is 3. The zero-order valence-electron chi connectivity index (χ0n) is 24.5. The third-order valence-electron chi connectivity index (χ3n) is 7.37. The Bertz CT molecular complexity index is 1740. The summed E-state index contributed by atoms with van der Waals surface area (Å²) in [4.78, 5) is 28.9. The van der Waals surface area contributed by atoms with Crippen molar-refractivity contribution in [1.29, 1.82) is 0 Å². The van der Waals surface area contributed by atoms with Crippen LogP contribution in [0, 0.1) is 17.6 Å². The molecule has 2 amide bonds. The van der Waals surface area contributed by atoms with Gasteiger partial charge in [0.25, 0.3) is 0 Å². The summed E-state index contributed by atoms with van der Waals surface area (Å²) in [6.07, 6.45) is -1.42. The first-order valence-electron chi connectivity index (χ1n) is 14.3. The van der Waals surface area contributed by atoms with E-state index in [1.54, 1.807) is 18.2 Å². The molecule has 9 nitrogen and oxygen atoms in total. The van der Waals surface area contributed by atoms with Crippen LogP contribution in [0.4, 0.5) is 27.6 Å². The minimum Gasteiger partial charge on any atom is -0.491 e. The van der Waals surface area contributed by atoms with Gasteiger partial charge in [-0.1, -0.05) is 12.1 Å². The van der Waals surface area contributed by atoms with Crippen LogP contribution < -0.4 is 30.2 Å². The standard InChI is InChI=1S/C32H29F5N4O5/c1-44-29-26(45-17-18-9-12-38-13-10-18)8-6-21-24(11-14-39-28(21)29)46-25-7-5-20(15-23(25)33)41-31(43)30(42)40-16-19-3-2-4-22(27(19)34)32(35,36)37/h2-8,11,14-15,18,38H,9-10,12-13,16-17H2,1H3,(H,40,42)(H,41,43). The lowest BCUT2D eigenvalue weighted by atomic mass is 9.99. The average molecular weight is 645 g/mol. The Labute approximate surface area is 260 Å². The first kappa shape index (κ1) is 32.4. The van der Waals surface area contributed by atoms with Gasteiger partial charge < -0.3 is 30.2 Å². The minimum atomic E-state index is -4.93. The van der Waals surface area contributed by atoms with Gasteiger partial charge in [0.05, 0.1) is 19.3 Å². The van der Waals surface area contributed by atoms with Gasteiger partial charge in [-0.25, -0.2) is 8.78 Å². The van der Waals surface area contributed by atoms with Gasteiger partial charge >= 0.3 is 18.0 Å². The first-order valence-corrected chi connectivity index (χ1v) is 14.3. The van der Waals surface area contributed by atoms with Gasteiger partial charge in [0, 0.05) is 35.4 Å². The molecule has 5 rings (SSSR count). The van der Waals surface area contributed by atoms with Gasteiger partial charge in [-0.3, -0.25) is 14.6 Å². The maximum atomic E-state index is 15.0. The number of piperidine rings is 1. The van der Waals surface area contributed by atoms with E-state index in [0.29, 0.717) is 41.0 Å². The average Bonchev–Trinajstić information content (AvgIpc) is 3.04. The van der Waals surface area contributed by atoms with Crippen LogP contribution in [0.3, 0.4) is 0 Å². The fourth-order valence-corrected chi connectivity index (χ4v) is 4.96. The number of methoxy groups -OCH3 is 1. The van der Waals surface area contributed by atoms with Crippen molar-refractivity contribution in [2.75, 3.05) is 32.1 Å². The van der Waals surface area contributed by atoms with E-state index >= 15 is 4.39 Å². The van der Waals surface area contributed by atoms with Crippen LogP contribution in [0.5, 0.6) is 23.0 Å². The topological polar surface area (TPSA) is 111 Å². The second-order valence-corrected chi connectivity index (χ2v) is 10.5. The van der Waals surface area contributed by atoms with E-state index in [-0.39, 0.29) is 17.2 Å². The number of ether oxygens (including phenoxy) is 3. The summed E-state index contributed by atoms with van der Waals surface area (Å²) >= 11 is 0. The third-order valence-corrected chi connectivity index (χ3v) is 7.37. The summed E-state index contributed by atoms with van der Waals surface area (Å²) in [5.41, 5.74) is -1.62. The normalized spacial score (nSPS) is 13.7. The maximum Gasteiger partial charge on any atom is 0.419 e. The van der Waals surface area contributed by atoms with Crippen LogP contribution in [0.1, 0.15) is 24.0 Å². The predicted octanol–water partition coefficient (Wildman–Crippen LogP) is 5.97. The first-order chi connectivity index (χ1) is 22.0. The Morgan fingerprint density at radius 3 is 2.46 bits per heavy atom. The summed E-state index contributed by atoms with van der Waals surface area (Å²) in [7, 11) is 1.50. The molecule has 3 aromatic carbocycles. The zero-order valence-corrected chi connectivity index (χ0v) is 24.5. The summed E-state index contributed by atoms with van der Waals surface area (Å²) in [5, 5.41) is 8.08. The number of amides is 2. The molecule has 14 heteroatoms. The zero-order chi connectivity index (χ0) is 32.8. The Morgan fingerprint density at radius 1 is 0.978 bits per heavy atom. The van der Waals surface area contributed by atoms with E-state index in [4.69, 9.17) is 14.2 Å². The molecule has 0 saturated carbocycles. The van der Waals surface area contributed by atoms with Crippen molar-refractivity contribution in [2.24, 2.45) is 5.92 Å². The molecular weight excluding hydrogens is 615 g/mol. The van der Waals surface area contributed by atoms with Gasteiger partial charge in [-0.05, 0) is 68.2 Å². The van der Waals surface area contributed by atoms with E-state index in [0.717, 1.165) is 44.1 Å². The fraction of sp³-hybridized carbons (Fsp3) is 0.281. The number of fused-ring (bicyclic) bond motifs is 1. The van der Waals surface area contributed by atoms with Crippen LogP contribution in [0.15, 0.2) is 60.8 Å². The third kappa shape index (κ3) is 7.45. The molecule has 242 valence electrons. The van der Waals surface area contributed by atoms with E-state index in [1.165, 1.54) is 25.4 Å². The van der Waals surface area contributed by atoms with Crippen molar-refractivity contribution in [3.8, 4) is 23.0 Å². The molecule has 1 aliphatic rings. The number of rotatable bonds is 9. The summed E-state index contributed by atoms with van der Waals surface area (Å²) in [6.45, 7) is 1.74. The van der Waals surface area contributed by atoms with Crippen LogP contribution in [-0.2, 0) is 22.3 Å². The molecule has 1 aliphatic heterocycles. The Hall–Kier alpha value is -4.98. The molecule has 1 aromatic heterocycles. The molecule has 46 heavy (non-hydrogen) atoms. The number of benzene rings is 3.